The smallest absolute Gasteiger partial charge is 0.167 e. The molecule has 0 aliphatic heterocycles. The number of hydrogen-bond donors (Lipinski definition) is 1. The summed E-state index contributed by atoms with van der Waals surface area (Å²) in [5, 5.41) is 0. The first-order valence-electron chi connectivity index (χ1n) is 5.66. The van der Waals surface area contributed by atoms with E-state index < -0.39 is 0 Å². The topological polar surface area (TPSA) is 61.5 Å². The van der Waals surface area contributed by atoms with Gasteiger partial charge in [-0.1, -0.05) is 6.92 Å². The van der Waals surface area contributed by atoms with Gasteiger partial charge in [0.15, 0.2) is 5.78 Å². The number of rotatable bonds is 6. The molecule has 0 heterocycles. The third kappa shape index (κ3) is 2.77. The third-order valence-corrected chi connectivity index (χ3v) is 2.67. The molecule has 0 fully saturated rings. The van der Waals surface area contributed by atoms with Crippen molar-refractivity contribution < 1.29 is 14.3 Å². The molecule has 0 radical (unpaired) electrons. The summed E-state index contributed by atoms with van der Waals surface area (Å²) in [7, 11) is 3.17. The summed E-state index contributed by atoms with van der Waals surface area (Å²) in [6, 6.07) is 3.53. The number of ether oxygens (including phenoxy) is 2. The Morgan fingerprint density at radius 1 is 1.29 bits per heavy atom. The van der Waals surface area contributed by atoms with Crippen LogP contribution in [0.5, 0.6) is 11.5 Å². The lowest BCUT2D eigenvalue weighted by molar-refractivity contribution is 0.0982. The van der Waals surface area contributed by atoms with Crippen LogP contribution in [0, 0.1) is 0 Å². The van der Waals surface area contributed by atoms with Crippen molar-refractivity contribution in [3.8, 4) is 11.5 Å². The first-order chi connectivity index (χ1) is 8.19. The van der Waals surface area contributed by atoms with E-state index in [1.54, 1.807) is 26.4 Å². The molecule has 0 aromatic heterocycles. The molecule has 4 heteroatoms. The maximum Gasteiger partial charge on any atom is 0.167 e. The van der Waals surface area contributed by atoms with E-state index >= 15 is 0 Å². The summed E-state index contributed by atoms with van der Waals surface area (Å²) in [5.74, 6) is 1.35. The normalized spacial score (nSPS) is 10.1. The molecule has 1 rings (SSSR count). The second-order valence-corrected chi connectivity index (χ2v) is 3.64. The Labute approximate surface area is 102 Å². The van der Waals surface area contributed by atoms with Gasteiger partial charge in [0.2, 0.25) is 0 Å². The van der Waals surface area contributed by atoms with E-state index in [0.717, 1.165) is 17.7 Å². The van der Waals surface area contributed by atoms with Crippen LogP contribution in [-0.4, -0.2) is 26.5 Å². The van der Waals surface area contributed by atoms with Crippen LogP contribution < -0.4 is 15.2 Å². The minimum Gasteiger partial charge on any atom is -0.496 e. The van der Waals surface area contributed by atoms with Gasteiger partial charge in [-0.2, -0.15) is 0 Å². The molecule has 17 heavy (non-hydrogen) atoms. The highest BCUT2D eigenvalue weighted by atomic mass is 16.5. The minimum atomic E-state index is 0.00158. The van der Waals surface area contributed by atoms with Crippen LogP contribution in [0.4, 0.5) is 0 Å². The van der Waals surface area contributed by atoms with Gasteiger partial charge in [-0.3, -0.25) is 4.79 Å². The third-order valence-electron chi connectivity index (χ3n) is 2.67. The summed E-state index contributed by atoms with van der Waals surface area (Å²) in [6.07, 6.45) is 1.07. The number of carbonyl (C=O) groups excluding carboxylic acids is 1. The van der Waals surface area contributed by atoms with E-state index in [2.05, 4.69) is 0 Å². The van der Waals surface area contributed by atoms with E-state index in [0.29, 0.717) is 24.3 Å². The lowest BCUT2D eigenvalue weighted by Crippen LogP contribution is -2.10. The van der Waals surface area contributed by atoms with Gasteiger partial charge in [-0.05, 0) is 25.1 Å². The molecule has 0 unspecified atom stereocenters. The van der Waals surface area contributed by atoms with Gasteiger partial charge in [0.1, 0.15) is 11.5 Å². The van der Waals surface area contributed by atoms with Gasteiger partial charge in [0.25, 0.3) is 0 Å². The van der Waals surface area contributed by atoms with Gasteiger partial charge >= 0.3 is 0 Å². The first-order valence-corrected chi connectivity index (χ1v) is 5.66. The lowest BCUT2D eigenvalue weighted by atomic mass is 10.0. The summed E-state index contributed by atoms with van der Waals surface area (Å²) >= 11 is 0. The van der Waals surface area contributed by atoms with Crippen molar-refractivity contribution in [2.75, 3.05) is 20.8 Å². The molecule has 0 aliphatic carbocycles. The lowest BCUT2D eigenvalue weighted by Gasteiger charge is -2.15. The molecule has 0 saturated heterocycles. The molecule has 0 bridgehead atoms. The molecule has 1 aromatic carbocycles. The van der Waals surface area contributed by atoms with E-state index in [-0.39, 0.29) is 5.78 Å². The number of nitrogens with two attached hydrogens (primary N) is 1. The molecular weight excluding hydrogens is 218 g/mol. The number of benzene rings is 1. The Kier molecular flexibility index (Phi) is 4.97. The molecule has 0 spiro atoms. The average molecular weight is 237 g/mol. The van der Waals surface area contributed by atoms with Crippen molar-refractivity contribution >= 4 is 5.78 Å². The number of methoxy groups -OCH3 is 2. The SMILES string of the molecule is CCc1c(OC)ccc(C(=O)CCN)c1OC. The zero-order valence-corrected chi connectivity index (χ0v) is 10.6. The zero-order chi connectivity index (χ0) is 12.8. The van der Waals surface area contributed by atoms with Crippen LogP contribution in [0.3, 0.4) is 0 Å². The summed E-state index contributed by atoms with van der Waals surface area (Å²) in [6.45, 7) is 2.34. The van der Waals surface area contributed by atoms with Crippen molar-refractivity contribution in [3.05, 3.63) is 23.3 Å². The molecule has 0 amide bonds. The fourth-order valence-corrected chi connectivity index (χ4v) is 1.85. The highest BCUT2D eigenvalue weighted by Gasteiger charge is 2.17. The molecule has 1 aromatic rings. The second-order valence-electron chi connectivity index (χ2n) is 3.64. The van der Waals surface area contributed by atoms with Gasteiger partial charge < -0.3 is 15.2 Å². The first kappa shape index (κ1) is 13.5. The van der Waals surface area contributed by atoms with Crippen LogP contribution >= 0.6 is 0 Å². The Bertz CT molecular complexity index is 402. The molecule has 0 saturated carbocycles. The summed E-state index contributed by atoms with van der Waals surface area (Å²) in [5.41, 5.74) is 6.89. The van der Waals surface area contributed by atoms with Gasteiger partial charge in [0, 0.05) is 12.0 Å². The summed E-state index contributed by atoms with van der Waals surface area (Å²) in [4.78, 5) is 11.9. The quantitative estimate of drug-likeness (QED) is 0.766. The second kappa shape index (κ2) is 6.25. The Morgan fingerprint density at radius 3 is 2.47 bits per heavy atom. The predicted octanol–water partition coefficient (Wildman–Crippen LogP) is 1.80. The maximum atomic E-state index is 11.9. The van der Waals surface area contributed by atoms with Crippen LogP contribution in [0.15, 0.2) is 12.1 Å². The number of ketones is 1. The van der Waals surface area contributed by atoms with E-state index in [9.17, 15) is 4.79 Å². The molecule has 4 nitrogen and oxygen atoms in total. The highest BCUT2D eigenvalue weighted by Crippen LogP contribution is 2.33. The Hall–Kier alpha value is -1.55. The molecule has 2 N–H and O–H groups in total. The standard InChI is InChI=1S/C13H19NO3/c1-4-9-12(16-2)6-5-10(13(9)17-3)11(15)7-8-14/h5-6H,4,7-8,14H2,1-3H3. The predicted molar refractivity (Wildman–Crippen MR) is 66.9 cm³/mol. The van der Waals surface area contributed by atoms with Crippen LogP contribution in [0.25, 0.3) is 0 Å². The zero-order valence-electron chi connectivity index (χ0n) is 10.6. The Morgan fingerprint density at radius 2 is 2.00 bits per heavy atom. The maximum absolute atomic E-state index is 11.9. The molecule has 0 atom stereocenters. The van der Waals surface area contributed by atoms with Gasteiger partial charge in [-0.15, -0.1) is 0 Å². The van der Waals surface area contributed by atoms with Crippen LogP contribution in [0.1, 0.15) is 29.3 Å². The van der Waals surface area contributed by atoms with Gasteiger partial charge in [0.05, 0.1) is 19.8 Å². The minimum absolute atomic E-state index is 0.00158. The van der Waals surface area contributed by atoms with Crippen molar-refractivity contribution in [3.63, 3.8) is 0 Å². The van der Waals surface area contributed by atoms with E-state index in [1.165, 1.54) is 0 Å². The monoisotopic (exact) mass is 237 g/mol. The van der Waals surface area contributed by atoms with Gasteiger partial charge in [-0.25, -0.2) is 0 Å². The fourth-order valence-electron chi connectivity index (χ4n) is 1.85. The fraction of sp³-hybridized carbons (Fsp3) is 0.462. The van der Waals surface area contributed by atoms with E-state index in [4.69, 9.17) is 15.2 Å². The van der Waals surface area contributed by atoms with E-state index in [1.807, 2.05) is 6.92 Å². The number of Topliss-reactive ketones (excluding diaryl/α,β-unsaturated/α-hetero) is 1. The largest absolute Gasteiger partial charge is 0.496 e. The molecular formula is C13H19NO3. The summed E-state index contributed by atoms with van der Waals surface area (Å²) < 4.78 is 10.6. The molecule has 94 valence electrons. The van der Waals surface area contributed by atoms with Crippen LogP contribution in [-0.2, 0) is 6.42 Å². The van der Waals surface area contributed by atoms with Crippen molar-refractivity contribution in [1.82, 2.24) is 0 Å². The highest BCUT2D eigenvalue weighted by molar-refractivity contribution is 5.99. The van der Waals surface area contributed by atoms with Crippen molar-refractivity contribution in [2.45, 2.75) is 19.8 Å². The average Bonchev–Trinajstić information content (AvgIpc) is 2.36. The van der Waals surface area contributed by atoms with Crippen molar-refractivity contribution in [1.29, 1.82) is 0 Å². The molecule has 0 aliphatic rings. The number of hydrogen-bond acceptors (Lipinski definition) is 4. The Balaban J connectivity index is 3.27. The van der Waals surface area contributed by atoms with Crippen molar-refractivity contribution in [2.24, 2.45) is 5.73 Å². The number of carbonyl (C=O) groups is 1. The van der Waals surface area contributed by atoms with Crippen LogP contribution in [0.2, 0.25) is 0 Å².